The van der Waals surface area contributed by atoms with Crippen LogP contribution in [0.1, 0.15) is 19.9 Å². The SMILES string of the molecule is CC(C)n1nnc(-c2cccc(Nc3ccn(C)c3)c2)n1. The summed E-state index contributed by atoms with van der Waals surface area (Å²) in [5.41, 5.74) is 3.00. The predicted molar refractivity (Wildman–Crippen MR) is 82.3 cm³/mol. The van der Waals surface area contributed by atoms with E-state index in [1.54, 1.807) is 4.80 Å². The minimum absolute atomic E-state index is 0.205. The first-order valence-electron chi connectivity index (χ1n) is 6.91. The second-order valence-electron chi connectivity index (χ2n) is 5.30. The fourth-order valence-corrected chi connectivity index (χ4v) is 2.04. The van der Waals surface area contributed by atoms with E-state index in [0.717, 1.165) is 16.9 Å². The topological polar surface area (TPSA) is 60.6 Å². The fraction of sp³-hybridized carbons (Fsp3) is 0.267. The Bertz CT molecular complexity index is 740. The minimum atomic E-state index is 0.205. The van der Waals surface area contributed by atoms with Crippen LogP contribution in [0.25, 0.3) is 11.4 Å². The van der Waals surface area contributed by atoms with Gasteiger partial charge in [-0.05, 0) is 37.3 Å². The lowest BCUT2D eigenvalue weighted by Gasteiger charge is -2.05. The molecule has 2 aromatic heterocycles. The second kappa shape index (κ2) is 5.40. The van der Waals surface area contributed by atoms with Gasteiger partial charge >= 0.3 is 0 Å². The maximum atomic E-state index is 4.39. The van der Waals surface area contributed by atoms with Crippen molar-refractivity contribution in [1.29, 1.82) is 0 Å². The van der Waals surface area contributed by atoms with Crippen LogP contribution in [0.15, 0.2) is 42.7 Å². The van der Waals surface area contributed by atoms with Gasteiger partial charge in [-0.15, -0.1) is 10.2 Å². The molecule has 1 aromatic carbocycles. The number of hydrogen-bond acceptors (Lipinski definition) is 4. The zero-order chi connectivity index (χ0) is 14.8. The van der Waals surface area contributed by atoms with Crippen LogP contribution in [0.4, 0.5) is 11.4 Å². The van der Waals surface area contributed by atoms with E-state index in [1.807, 2.05) is 68.2 Å². The number of nitrogens with one attached hydrogen (secondary N) is 1. The maximum absolute atomic E-state index is 4.39. The molecule has 0 fully saturated rings. The first-order valence-corrected chi connectivity index (χ1v) is 6.91. The highest BCUT2D eigenvalue weighted by Gasteiger charge is 2.08. The van der Waals surface area contributed by atoms with Gasteiger partial charge in [0.05, 0.1) is 11.7 Å². The van der Waals surface area contributed by atoms with Crippen molar-refractivity contribution in [3.63, 3.8) is 0 Å². The van der Waals surface area contributed by atoms with Crippen LogP contribution < -0.4 is 5.32 Å². The maximum Gasteiger partial charge on any atom is 0.205 e. The number of tetrazole rings is 1. The van der Waals surface area contributed by atoms with Gasteiger partial charge in [0.25, 0.3) is 0 Å². The van der Waals surface area contributed by atoms with Crippen LogP contribution in [-0.4, -0.2) is 24.8 Å². The molecule has 108 valence electrons. The van der Waals surface area contributed by atoms with Gasteiger partial charge in [0, 0.05) is 30.7 Å². The molecule has 0 aliphatic carbocycles. The van der Waals surface area contributed by atoms with E-state index in [1.165, 1.54) is 0 Å². The molecule has 6 nitrogen and oxygen atoms in total. The van der Waals surface area contributed by atoms with Crippen molar-refractivity contribution in [3.05, 3.63) is 42.7 Å². The molecule has 6 heteroatoms. The highest BCUT2D eigenvalue weighted by atomic mass is 15.6. The molecular formula is C15H18N6. The van der Waals surface area contributed by atoms with Gasteiger partial charge in [0.15, 0.2) is 0 Å². The van der Waals surface area contributed by atoms with Crippen LogP contribution in [-0.2, 0) is 7.05 Å². The van der Waals surface area contributed by atoms with Crippen LogP contribution in [0, 0.1) is 0 Å². The molecule has 3 aromatic rings. The molecule has 0 saturated carbocycles. The van der Waals surface area contributed by atoms with Crippen molar-refractivity contribution in [1.82, 2.24) is 24.8 Å². The third-order valence-corrected chi connectivity index (χ3v) is 3.13. The Kier molecular flexibility index (Phi) is 3.43. The van der Waals surface area contributed by atoms with E-state index < -0.39 is 0 Å². The molecule has 0 atom stereocenters. The van der Waals surface area contributed by atoms with Crippen molar-refractivity contribution in [2.45, 2.75) is 19.9 Å². The monoisotopic (exact) mass is 282 g/mol. The molecule has 0 bridgehead atoms. The van der Waals surface area contributed by atoms with E-state index in [0.29, 0.717) is 5.82 Å². The number of rotatable bonds is 4. The van der Waals surface area contributed by atoms with E-state index in [4.69, 9.17) is 0 Å². The molecule has 0 amide bonds. The van der Waals surface area contributed by atoms with Crippen LogP contribution in [0.3, 0.4) is 0 Å². The highest BCUT2D eigenvalue weighted by Crippen LogP contribution is 2.22. The highest BCUT2D eigenvalue weighted by molar-refractivity contribution is 5.66. The molecule has 0 saturated heterocycles. The number of benzene rings is 1. The summed E-state index contributed by atoms with van der Waals surface area (Å²) in [5, 5.41) is 15.9. The second-order valence-corrected chi connectivity index (χ2v) is 5.30. The molecule has 21 heavy (non-hydrogen) atoms. The Morgan fingerprint density at radius 1 is 1.14 bits per heavy atom. The number of hydrogen-bond donors (Lipinski definition) is 1. The molecule has 0 spiro atoms. The standard InChI is InChI=1S/C15H18N6/c1-11(2)21-18-15(17-19-21)12-5-4-6-13(9-12)16-14-7-8-20(3)10-14/h4-11,16H,1-3H3. The van der Waals surface area contributed by atoms with E-state index >= 15 is 0 Å². The van der Waals surface area contributed by atoms with Gasteiger partial charge in [-0.25, -0.2) is 0 Å². The quantitative estimate of drug-likeness (QED) is 0.799. The van der Waals surface area contributed by atoms with Crippen LogP contribution >= 0.6 is 0 Å². The van der Waals surface area contributed by atoms with E-state index in [9.17, 15) is 0 Å². The summed E-state index contributed by atoms with van der Waals surface area (Å²) in [5.74, 6) is 0.639. The van der Waals surface area contributed by atoms with Gasteiger partial charge in [-0.2, -0.15) is 4.80 Å². The van der Waals surface area contributed by atoms with Gasteiger partial charge in [0.2, 0.25) is 5.82 Å². The molecule has 1 N–H and O–H groups in total. The lowest BCUT2D eigenvalue weighted by molar-refractivity contribution is 0.455. The number of nitrogens with zero attached hydrogens (tertiary/aromatic N) is 5. The summed E-state index contributed by atoms with van der Waals surface area (Å²) in [6.45, 7) is 4.05. The first kappa shape index (κ1) is 13.4. The van der Waals surface area contributed by atoms with Crippen molar-refractivity contribution < 1.29 is 0 Å². The van der Waals surface area contributed by atoms with Gasteiger partial charge in [0.1, 0.15) is 0 Å². The van der Waals surface area contributed by atoms with Crippen molar-refractivity contribution >= 4 is 11.4 Å². The summed E-state index contributed by atoms with van der Waals surface area (Å²) in [6, 6.07) is 10.2. The summed E-state index contributed by atoms with van der Waals surface area (Å²) in [7, 11) is 2.00. The van der Waals surface area contributed by atoms with Crippen LogP contribution in [0.2, 0.25) is 0 Å². The normalized spacial score (nSPS) is 11.0. The Balaban J connectivity index is 1.85. The molecule has 0 aliphatic rings. The number of anilines is 2. The van der Waals surface area contributed by atoms with Gasteiger partial charge in [-0.3, -0.25) is 0 Å². The van der Waals surface area contributed by atoms with Crippen molar-refractivity contribution in [2.75, 3.05) is 5.32 Å². The molecule has 0 aliphatic heterocycles. The molecule has 0 radical (unpaired) electrons. The third-order valence-electron chi connectivity index (χ3n) is 3.13. The average Bonchev–Trinajstić information content (AvgIpc) is 3.08. The van der Waals surface area contributed by atoms with Gasteiger partial charge < -0.3 is 9.88 Å². The Morgan fingerprint density at radius 2 is 2.00 bits per heavy atom. The summed E-state index contributed by atoms with van der Waals surface area (Å²) >= 11 is 0. The first-order chi connectivity index (χ1) is 10.1. The smallest absolute Gasteiger partial charge is 0.205 e. The van der Waals surface area contributed by atoms with E-state index in [2.05, 4.69) is 20.7 Å². The fourth-order valence-electron chi connectivity index (χ4n) is 2.04. The number of aromatic nitrogens is 5. The number of aryl methyl sites for hydroxylation is 1. The van der Waals surface area contributed by atoms with Crippen molar-refractivity contribution in [3.8, 4) is 11.4 Å². The van der Waals surface area contributed by atoms with Crippen molar-refractivity contribution in [2.24, 2.45) is 7.05 Å². The Labute approximate surface area is 123 Å². The minimum Gasteiger partial charge on any atom is -0.355 e. The summed E-state index contributed by atoms with van der Waals surface area (Å²) in [4.78, 5) is 1.62. The molecular weight excluding hydrogens is 264 g/mol. The predicted octanol–water partition coefficient (Wildman–Crippen LogP) is 3.00. The Hall–Kier alpha value is -2.63. The zero-order valence-electron chi connectivity index (χ0n) is 12.4. The largest absolute Gasteiger partial charge is 0.355 e. The zero-order valence-corrected chi connectivity index (χ0v) is 12.4. The Morgan fingerprint density at radius 3 is 2.67 bits per heavy atom. The lowest BCUT2D eigenvalue weighted by atomic mass is 10.2. The molecule has 2 heterocycles. The average molecular weight is 282 g/mol. The lowest BCUT2D eigenvalue weighted by Crippen LogP contribution is -2.04. The third kappa shape index (κ3) is 2.94. The summed E-state index contributed by atoms with van der Waals surface area (Å²) < 4.78 is 2.00. The van der Waals surface area contributed by atoms with E-state index in [-0.39, 0.29) is 6.04 Å². The molecule has 3 rings (SSSR count). The molecule has 0 unspecified atom stereocenters. The summed E-state index contributed by atoms with van der Waals surface area (Å²) in [6.07, 6.45) is 4.03. The van der Waals surface area contributed by atoms with Crippen LogP contribution in [0.5, 0.6) is 0 Å². The van der Waals surface area contributed by atoms with Gasteiger partial charge in [-0.1, -0.05) is 12.1 Å².